The Morgan fingerprint density at radius 3 is 2.90 bits per heavy atom. The van der Waals surface area contributed by atoms with Gasteiger partial charge in [0.1, 0.15) is 0 Å². The van der Waals surface area contributed by atoms with E-state index in [-0.39, 0.29) is 5.91 Å². The van der Waals surface area contributed by atoms with Gasteiger partial charge in [-0.3, -0.25) is 9.48 Å². The van der Waals surface area contributed by atoms with Crippen molar-refractivity contribution in [3.63, 3.8) is 0 Å². The molecule has 0 saturated carbocycles. The molecule has 0 fully saturated rings. The third-order valence-corrected chi connectivity index (χ3v) is 5.85. The van der Waals surface area contributed by atoms with Gasteiger partial charge in [0.2, 0.25) is 5.91 Å². The summed E-state index contributed by atoms with van der Waals surface area (Å²) in [5.74, 6) is 0.0854. The van der Waals surface area contributed by atoms with Gasteiger partial charge in [-0.05, 0) is 67.8 Å². The zero-order chi connectivity index (χ0) is 21.8. The zero-order valence-electron chi connectivity index (χ0n) is 18.6. The van der Waals surface area contributed by atoms with Crippen LogP contribution in [0.25, 0.3) is 21.8 Å². The maximum Gasteiger partial charge on any atom is 0.224 e. The van der Waals surface area contributed by atoms with Crippen molar-refractivity contribution >= 4 is 33.4 Å². The van der Waals surface area contributed by atoms with Gasteiger partial charge in [0.05, 0.1) is 11.7 Å². The minimum absolute atomic E-state index is 0.0854. The van der Waals surface area contributed by atoms with Crippen molar-refractivity contribution in [1.29, 1.82) is 0 Å². The van der Waals surface area contributed by atoms with Crippen LogP contribution in [0.1, 0.15) is 43.0 Å². The topological polar surface area (TPSA) is 74.7 Å². The van der Waals surface area contributed by atoms with Crippen LogP contribution in [0, 0.1) is 6.92 Å². The summed E-state index contributed by atoms with van der Waals surface area (Å²) >= 11 is 0. The van der Waals surface area contributed by atoms with Crippen molar-refractivity contribution in [2.75, 3.05) is 11.9 Å². The number of nitrogens with one attached hydrogen (secondary N) is 3. The molecule has 0 aliphatic carbocycles. The SMILES string of the molecule is CCCCC(=O)Nc1ccc2[nH]c(C)c(CCNCc3ccc4c(cnn4C)c3)c2c1. The average Bonchev–Trinajstić information content (AvgIpc) is 3.28. The molecular weight excluding hydrogens is 386 g/mol. The Kier molecular flexibility index (Phi) is 6.37. The number of carbonyl (C=O) groups is 1. The highest BCUT2D eigenvalue weighted by atomic mass is 16.1. The average molecular weight is 418 g/mol. The van der Waals surface area contributed by atoms with Crippen LogP contribution in [-0.2, 0) is 24.8 Å². The van der Waals surface area contributed by atoms with E-state index in [1.54, 1.807) is 0 Å². The lowest BCUT2D eigenvalue weighted by molar-refractivity contribution is -0.116. The van der Waals surface area contributed by atoms with E-state index >= 15 is 0 Å². The molecule has 0 saturated heterocycles. The van der Waals surface area contributed by atoms with Crippen LogP contribution in [0.2, 0.25) is 0 Å². The number of hydrogen-bond acceptors (Lipinski definition) is 3. The van der Waals surface area contributed by atoms with Crippen molar-refractivity contribution in [2.45, 2.75) is 46.1 Å². The summed E-state index contributed by atoms with van der Waals surface area (Å²) in [5, 5.41) is 13.3. The lowest BCUT2D eigenvalue weighted by Crippen LogP contribution is -2.17. The van der Waals surface area contributed by atoms with Gasteiger partial charge in [-0.2, -0.15) is 5.10 Å². The molecule has 1 amide bonds. The van der Waals surface area contributed by atoms with Crippen LogP contribution in [0.5, 0.6) is 0 Å². The zero-order valence-corrected chi connectivity index (χ0v) is 18.6. The molecule has 2 aromatic heterocycles. The number of anilines is 1. The van der Waals surface area contributed by atoms with E-state index in [9.17, 15) is 4.79 Å². The van der Waals surface area contributed by atoms with E-state index in [0.717, 1.165) is 49.1 Å². The Morgan fingerprint density at radius 2 is 2.06 bits per heavy atom. The number of benzene rings is 2. The lowest BCUT2D eigenvalue weighted by atomic mass is 10.1. The molecule has 0 aliphatic rings. The Morgan fingerprint density at radius 1 is 1.19 bits per heavy atom. The summed E-state index contributed by atoms with van der Waals surface area (Å²) < 4.78 is 1.90. The van der Waals surface area contributed by atoms with Crippen molar-refractivity contribution < 1.29 is 4.79 Å². The van der Waals surface area contributed by atoms with Crippen molar-refractivity contribution in [2.24, 2.45) is 7.05 Å². The molecule has 0 bridgehead atoms. The number of aromatic amines is 1. The van der Waals surface area contributed by atoms with Gasteiger partial charge >= 0.3 is 0 Å². The first kappa shape index (κ1) is 21.1. The van der Waals surface area contributed by atoms with Gasteiger partial charge in [-0.25, -0.2) is 0 Å². The molecular formula is C25H31N5O. The summed E-state index contributed by atoms with van der Waals surface area (Å²) in [4.78, 5) is 15.6. The molecule has 0 unspecified atom stereocenters. The minimum atomic E-state index is 0.0854. The summed E-state index contributed by atoms with van der Waals surface area (Å²) in [5.41, 5.74) is 6.87. The Bertz CT molecular complexity index is 1200. The largest absolute Gasteiger partial charge is 0.358 e. The van der Waals surface area contributed by atoms with Crippen molar-refractivity contribution in [3.8, 4) is 0 Å². The molecule has 2 aromatic carbocycles. The number of carbonyl (C=O) groups excluding carboxylic acids is 1. The molecule has 6 nitrogen and oxygen atoms in total. The van der Waals surface area contributed by atoms with Gasteiger partial charge < -0.3 is 15.6 Å². The Hall–Kier alpha value is -3.12. The van der Waals surface area contributed by atoms with Gasteiger partial charge in [0.15, 0.2) is 0 Å². The van der Waals surface area contributed by atoms with Gasteiger partial charge in [0, 0.05) is 47.7 Å². The van der Waals surface area contributed by atoms with Crippen LogP contribution >= 0.6 is 0 Å². The van der Waals surface area contributed by atoms with Crippen LogP contribution in [0.4, 0.5) is 5.69 Å². The molecule has 4 rings (SSSR count). The van der Waals surface area contributed by atoms with Gasteiger partial charge in [-0.15, -0.1) is 0 Å². The third-order valence-electron chi connectivity index (χ3n) is 5.85. The van der Waals surface area contributed by atoms with Crippen molar-refractivity contribution in [3.05, 3.63) is 59.4 Å². The summed E-state index contributed by atoms with van der Waals surface area (Å²) in [7, 11) is 1.96. The molecule has 0 spiro atoms. The first-order valence-corrected chi connectivity index (χ1v) is 11.1. The van der Waals surface area contributed by atoms with Crippen LogP contribution in [0.15, 0.2) is 42.6 Å². The fourth-order valence-corrected chi connectivity index (χ4v) is 4.11. The molecule has 162 valence electrons. The number of H-pyrrole nitrogens is 1. The second kappa shape index (κ2) is 9.35. The number of hydrogen-bond donors (Lipinski definition) is 3. The minimum Gasteiger partial charge on any atom is -0.358 e. The smallest absolute Gasteiger partial charge is 0.224 e. The molecule has 2 heterocycles. The van der Waals surface area contributed by atoms with Gasteiger partial charge in [0.25, 0.3) is 0 Å². The summed E-state index contributed by atoms with van der Waals surface area (Å²) in [6.45, 7) is 5.92. The van der Waals surface area contributed by atoms with E-state index in [1.165, 1.54) is 27.6 Å². The molecule has 0 radical (unpaired) electrons. The van der Waals surface area contributed by atoms with Crippen LogP contribution in [-0.4, -0.2) is 27.2 Å². The first-order chi connectivity index (χ1) is 15.0. The molecule has 4 aromatic rings. The van der Waals surface area contributed by atoms with E-state index in [4.69, 9.17) is 0 Å². The summed E-state index contributed by atoms with van der Waals surface area (Å²) in [6.07, 6.45) is 5.35. The first-order valence-electron chi connectivity index (χ1n) is 11.1. The molecule has 6 heteroatoms. The van der Waals surface area contributed by atoms with E-state index in [0.29, 0.717) is 6.42 Å². The number of aryl methyl sites for hydroxylation is 2. The van der Waals surface area contributed by atoms with E-state index in [1.807, 2.05) is 24.0 Å². The maximum atomic E-state index is 12.1. The fourth-order valence-electron chi connectivity index (χ4n) is 4.11. The normalized spacial score (nSPS) is 11.5. The number of unbranched alkanes of at least 4 members (excludes halogenated alkanes) is 1. The quantitative estimate of drug-likeness (QED) is 0.342. The van der Waals surface area contributed by atoms with Crippen LogP contribution in [0.3, 0.4) is 0 Å². The third kappa shape index (κ3) is 4.80. The predicted octanol–water partition coefficient (Wildman–Crippen LogP) is 4.82. The molecule has 0 atom stereocenters. The van der Waals surface area contributed by atoms with Crippen LogP contribution < -0.4 is 10.6 Å². The number of amides is 1. The lowest BCUT2D eigenvalue weighted by Gasteiger charge is -2.08. The van der Waals surface area contributed by atoms with Gasteiger partial charge in [-0.1, -0.05) is 19.4 Å². The maximum absolute atomic E-state index is 12.1. The number of rotatable bonds is 9. The van der Waals surface area contributed by atoms with E-state index < -0.39 is 0 Å². The van der Waals surface area contributed by atoms with Crippen molar-refractivity contribution in [1.82, 2.24) is 20.1 Å². The second-order valence-corrected chi connectivity index (χ2v) is 8.23. The standard InChI is InChI=1S/C25H31N5O/c1-4-5-6-25(31)29-20-8-9-23-22(14-20)21(17(2)28-23)11-12-26-15-18-7-10-24-19(13-18)16-27-30(24)3/h7-10,13-14,16,26,28H,4-6,11-12,15H2,1-3H3,(H,29,31). The number of fused-ring (bicyclic) bond motifs is 2. The number of nitrogens with zero attached hydrogens (tertiary/aromatic N) is 2. The molecule has 31 heavy (non-hydrogen) atoms. The Labute approximate surface area is 183 Å². The second-order valence-electron chi connectivity index (χ2n) is 8.23. The Balaban J connectivity index is 1.39. The summed E-state index contributed by atoms with van der Waals surface area (Å²) in [6, 6.07) is 12.6. The number of aromatic nitrogens is 3. The predicted molar refractivity (Wildman–Crippen MR) is 127 cm³/mol. The highest BCUT2D eigenvalue weighted by molar-refractivity contribution is 5.95. The fraction of sp³-hybridized carbons (Fsp3) is 0.360. The highest BCUT2D eigenvalue weighted by Crippen LogP contribution is 2.26. The molecule has 3 N–H and O–H groups in total. The monoisotopic (exact) mass is 417 g/mol. The molecule has 0 aliphatic heterocycles. The van der Waals surface area contributed by atoms with E-state index in [2.05, 4.69) is 64.9 Å². The highest BCUT2D eigenvalue weighted by Gasteiger charge is 2.10.